The molecule has 0 spiro atoms. The van der Waals surface area contributed by atoms with Crippen LogP contribution in [0.15, 0.2) is 48.5 Å². The number of rotatable bonds is 5. The maximum Gasteiger partial charge on any atom is 0.163 e. The molecule has 0 aliphatic heterocycles. The van der Waals surface area contributed by atoms with Crippen LogP contribution in [0.5, 0.6) is 5.75 Å². The van der Waals surface area contributed by atoms with Crippen molar-refractivity contribution in [3.63, 3.8) is 0 Å². The molecule has 0 heterocycles. The highest BCUT2D eigenvalue weighted by Crippen LogP contribution is 2.22. The molecule has 1 atom stereocenters. The van der Waals surface area contributed by atoms with Gasteiger partial charge in [0.05, 0.1) is 5.56 Å². The van der Waals surface area contributed by atoms with E-state index in [1.54, 1.807) is 6.07 Å². The van der Waals surface area contributed by atoms with Crippen molar-refractivity contribution in [2.45, 2.75) is 20.0 Å². The van der Waals surface area contributed by atoms with Crippen molar-refractivity contribution in [3.8, 4) is 5.75 Å². The van der Waals surface area contributed by atoms with Gasteiger partial charge in [-0.2, -0.15) is 0 Å². The molecule has 2 aromatic carbocycles. The van der Waals surface area contributed by atoms with Crippen LogP contribution in [0.3, 0.4) is 0 Å². The Morgan fingerprint density at radius 2 is 1.90 bits per heavy atom. The first kappa shape index (κ1) is 14.3. The van der Waals surface area contributed by atoms with E-state index in [2.05, 4.69) is 0 Å². The lowest BCUT2D eigenvalue weighted by Crippen LogP contribution is -2.11. The second-order valence-corrected chi connectivity index (χ2v) is 4.79. The molecule has 0 aliphatic rings. The number of carbonyl (C=O) groups is 1. The minimum atomic E-state index is -0.712. The summed E-state index contributed by atoms with van der Waals surface area (Å²) >= 11 is 0. The molecule has 1 unspecified atom stereocenters. The summed E-state index contributed by atoms with van der Waals surface area (Å²) in [7, 11) is 0. The zero-order valence-corrected chi connectivity index (χ0v) is 11.7. The van der Waals surface area contributed by atoms with Crippen LogP contribution >= 0.6 is 0 Å². The van der Waals surface area contributed by atoms with E-state index in [4.69, 9.17) is 4.74 Å². The van der Waals surface area contributed by atoms with Crippen molar-refractivity contribution in [1.29, 1.82) is 0 Å². The number of aryl methyl sites for hydroxylation is 1. The molecule has 0 saturated heterocycles. The van der Waals surface area contributed by atoms with Crippen LogP contribution < -0.4 is 4.74 Å². The monoisotopic (exact) mass is 270 g/mol. The SMILES string of the molecule is CC(=O)c1ccc(C)cc1OCC(O)c1ccccc1. The summed E-state index contributed by atoms with van der Waals surface area (Å²) in [6, 6.07) is 14.8. The lowest BCUT2D eigenvalue weighted by atomic mass is 10.1. The minimum Gasteiger partial charge on any atom is -0.490 e. The van der Waals surface area contributed by atoms with Gasteiger partial charge in [-0.1, -0.05) is 36.4 Å². The van der Waals surface area contributed by atoms with Crippen molar-refractivity contribution in [2.24, 2.45) is 0 Å². The summed E-state index contributed by atoms with van der Waals surface area (Å²) < 4.78 is 5.62. The molecule has 2 aromatic rings. The van der Waals surface area contributed by atoms with Crippen LogP contribution in [-0.2, 0) is 0 Å². The molecule has 3 heteroatoms. The van der Waals surface area contributed by atoms with Crippen molar-refractivity contribution in [1.82, 2.24) is 0 Å². The zero-order valence-electron chi connectivity index (χ0n) is 11.7. The Morgan fingerprint density at radius 3 is 2.55 bits per heavy atom. The average Bonchev–Trinajstić information content (AvgIpc) is 2.45. The Kier molecular flexibility index (Phi) is 4.53. The topological polar surface area (TPSA) is 46.5 Å². The lowest BCUT2D eigenvalue weighted by Gasteiger charge is -2.15. The highest BCUT2D eigenvalue weighted by atomic mass is 16.5. The molecule has 0 aromatic heterocycles. The Hall–Kier alpha value is -2.13. The van der Waals surface area contributed by atoms with Crippen molar-refractivity contribution in [2.75, 3.05) is 6.61 Å². The third-order valence-corrected chi connectivity index (χ3v) is 3.10. The van der Waals surface area contributed by atoms with Crippen LogP contribution in [-0.4, -0.2) is 17.5 Å². The summed E-state index contributed by atoms with van der Waals surface area (Å²) in [5.41, 5.74) is 2.35. The molecule has 104 valence electrons. The van der Waals surface area contributed by atoms with E-state index in [0.717, 1.165) is 11.1 Å². The van der Waals surface area contributed by atoms with Gasteiger partial charge in [0, 0.05) is 0 Å². The molecular formula is C17H18O3. The van der Waals surface area contributed by atoms with Gasteiger partial charge in [-0.25, -0.2) is 0 Å². The van der Waals surface area contributed by atoms with Gasteiger partial charge in [0.25, 0.3) is 0 Å². The fraction of sp³-hybridized carbons (Fsp3) is 0.235. The van der Waals surface area contributed by atoms with Gasteiger partial charge < -0.3 is 9.84 Å². The molecule has 0 saturated carbocycles. The summed E-state index contributed by atoms with van der Waals surface area (Å²) in [5, 5.41) is 10.1. The molecule has 1 N–H and O–H groups in total. The Bertz CT molecular complexity index is 590. The number of ketones is 1. The fourth-order valence-electron chi connectivity index (χ4n) is 1.98. The molecule has 0 amide bonds. The number of aliphatic hydroxyl groups is 1. The van der Waals surface area contributed by atoms with Gasteiger partial charge in [0.1, 0.15) is 18.5 Å². The summed E-state index contributed by atoms with van der Waals surface area (Å²) in [4.78, 5) is 11.5. The van der Waals surface area contributed by atoms with Crippen LogP contribution in [0, 0.1) is 6.92 Å². The van der Waals surface area contributed by atoms with E-state index in [-0.39, 0.29) is 12.4 Å². The second kappa shape index (κ2) is 6.35. The smallest absolute Gasteiger partial charge is 0.163 e. The van der Waals surface area contributed by atoms with Gasteiger partial charge in [-0.05, 0) is 37.1 Å². The van der Waals surface area contributed by atoms with E-state index < -0.39 is 6.10 Å². The van der Waals surface area contributed by atoms with E-state index in [0.29, 0.717) is 11.3 Å². The van der Waals surface area contributed by atoms with Gasteiger partial charge >= 0.3 is 0 Å². The zero-order chi connectivity index (χ0) is 14.5. The first-order valence-corrected chi connectivity index (χ1v) is 6.55. The summed E-state index contributed by atoms with van der Waals surface area (Å²) in [5.74, 6) is 0.474. The molecule has 20 heavy (non-hydrogen) atoms. The molecule has 2 rings (SSSR count). The average molecular weight is 270 g/mol. The predicted molar refractivity (Wildman–Crippen MR) is 78.1 cm³/mol. The third kappa shape index (κ3) is 3.45. The number of ether oxygens (including phenoxy) is 1. The summed E-state index contributed by atoms with van der Waals surface area (Å²) in [6.45, 7) is 3.56. The van der Waals surface area contributed by atoms with E-state index in [1.807, 2.05) is 49.4 Å². The number of Topliss-reactive ketones (excluding diaryl/α,β-unsaturated/α-hetero) is 1. The first-order valence-electron chi connectivity index (χ1n) is 6.55. The lowest BCUT2D eigenvalue weighted by molar-refractivity contribution is 0.0977. The van der Waals surface area contributed by atoms with E-state index in [9.17, 15) is 9.90 Å². The number of hydrogen-bond donors (Lipinski definition) is 1. The molecular weight excluding hydrogens is 252 g/mol. The molecule has 0 bridgehead atoms. The Morgan fingerprint density at radius 1 is 1.20 bits per heavy atom. The minimum absolute atomic E-state index is 0.0470. The van der Waals surface area contributed by atoms with Gasteiger partial charge in [0.2, 0.25) is 0 Å². The van der Waals surface area contributed by atoms with Gasteiger partial charge in [-0.3, -0.25) is 4.79 Å². The van der Waals surface area contributed by atoms with Crippen LogP contribution in [0.2, 0.25) is 0 Å². The highest BCUT2D eigenvalue weighted by molar-refractivity contribution is 5.96. The first-order chi connectivity index (χ1) is 9.58. The van der Waals surface area contributed by atoms with Crippen molar-refractivity contribution < 1.29 is 14.6 Å². The molecule has 0 radical (unpaired) electrons. The third-order valence-electron chi connectivity index (χ3n) is 3.10. The van der Waals surface area contributed by atoms with Crippen LogP contribution in [0.25, 0.3) is 0 Å². The van der Waals surface area contributed by atoms with Crippen LogP contribution in [0.1, 0.15) is 34.5 Å². The fourth-order valence-corrected chi connectivity index (χ4v) is 1.98. The molecule has 0 fully saturated rings. The Labute approximate surface area is 118 Å². The largest absolute Gasteiger partial charge is 0.490 e. The normalized spacial score (nSPS) is 11.9. The van der Waals surface area contributed by atoms with E-state index in [1.165, 1.54) is 6.92 Å². The summed E-state index contributed by atoms with van der Waals surface area (Å²) in [6.07, 6.45) is -0.712. The number of aliphatic hydroxyl groups excluding tert-OH is 1. The van der Waals surface area contributed by atoms with Gasteiger partial charge in [0.15, 0.2) is 5.78 Å². The molecule has 3 nitrogen and oxygen atoms in total. The predicted octanol–water partition coefficient (Wildman–Crippen LogP) is 3.31. The Balaban J connectivity index is 2.11. The number of carbonyl (C=O) groups excluding carboxylic acids is 1. The van der Waals surface area contributed by atoms with Crippen molar-refractivity contribution >= 4 is 5.78 Å². The van der Waals surface area contributed by atoms with Crippen LogP contribution in [0.4, 0.5) is 0 Å². The number of hydrogen-bond acceptors (Lipinski definition) is 3. The van der Waals surface area contributed by atoms with E-state index >= 15 is 0 Å². The second-order valence-electron chi connectivity index (χ2n) is 4.79. The van der Waals surface area contributed by atoms with Crippen molar-refractivity contribution in [3.05, 3.63) is 65.2 Å². The maximum atomic E-state index is 11.5. The highest BCUT2D eigenvalue weighted by Gasteiger charge is 2.12. The standard InChI is InChI=1S/C17H18O3/c1-12-8-9-15(13(2)18)17(10-12)20-11-16(19)14-6-4-3-5-7-14/h3-10,16,19H,11H2,1-2H3. The molecule has 0 aliphatic carbocycles. The number of benzene rings is 2. The quantitative estimate of drug-likeness (QED) is 0.848. The maximum absolute atomic E-state index is 11.5. The van der Waals surface area contributed by atoms with Gasteiger partial charge in [-0.15, -0.1) is 0 Å².